The Hall–Kier alpha value is -2.06. The normalized spacial score (nSPS) is 15.6. The van der Waals surface area contributed by atoms with Crippen LogP contribution in [-0.4, -0.2) is 53.7 Å². The van der Waals surface area contributed by atoms with Crippen LogP contribution >= 0.6 is 11.3 Å². The number of benzene rings is 1. The second-order valence-electron chi connectivity index (χ2n) is 6.36. The van der Waals surface area contributed by atoms with E-state index < -0.39 is 0 Å². The minimum atomic E-state index is -0.203. The van der Waals surface area contributed by atoms with Crippen molar-refractivity contribution in [1.29, 1.82) is 0 Å². The first-order valence-electron chi connectivity index (χ1n) is 8.38. The van der Waals surface area contributed by atoms with Gasteiger partial charge in [0.2, 0.25) is 11.0 Å². The van der Waals surface area contributed by atoms with Gasteiger partial charge in [0.25, 0.3) is 0 Å². The summed E-state index contributed by atoms with van der Waals surface area (Å²) < 4.78 is 13.9. The minimum Gasteiger partial charge on any atom is -0.367 e. The molecule has 2 aromatic rings. The maximum Gasteiger partial charge on any atom is 0.240 e. The number of amides is 1. The Morgan fingerprint density at radius 3 is 2.60 bits per heavy atom. The average molecular weight is 363 g/mol. The molecule has 0 unspecified atom stereocenters. The lowest BCUT2D eigenvalue weighted by Gasteiger charge is -2.35. The Kier molecular flexibility index (Phi) is 5.60. The number of hydrogen-bond acceptors (Lipinski definition) is 6. The lowest BCUT2D eigenvalue weighted by atomic mass is 10.2. The predicted octanol–water partition coefficient (Wildman–Crippen LogP) is 2.56. The molecule has 0 atom stereocenters. The number of anilines is 2. The van der Waals surface area contributed by atoms with E-state index in [1.807, 2.05) is 24.8 Å². The van der Waals surface area contributed by atoms with E-state index in [2.05, 4.69) is 20.4 Å². The Morgan fingerprint density at radius 2 is 1.96 bits per heavy atom. The fourth-order valence-electron chi connectivity index (χ4n) is 2.74. The molecular formula is C17H22FN5OS. The summed E-state index contributed by atoms with van der Waals surface area (Å²) in [5, 5.41) is 12.3. The zero-order valence-electron chi connectivity index (χ0n) is 14.4. The number of para-hydroxylation sites is 1. The summed E-state index contributed by atoms with van der Waals surface area (Å²) in [6, 6.07) is 6.80. The van der Waals surface area contributed by atoms with Crippen molar-refractivity contribution >= 4 is 28.1 Å². The van der Waals surface area contributed by atoms with E-state index in [0.717, 1.165) is 18.1 Å². The molecule has 1 N–H and O–H groups in total. The monoisotopic (exact) mass is 363 g/mol. The van der Waals surface area contributed by atoms with Gasteiger partial charge in [-0.2, -0.15) is 0 Å². The van der Waals surface area contributed by atoms with Crippen molar-refractivity contribution in [3.05, 3.63) is 35.1 Å². The predicted molar refractivity (Wildman–Crippen MR) is 97.7 cm³/mol. The first kappa shape index (κ1) is 17.8. The van der Waals surface area contributed by atoms with E-state index in [-0.39, 0.29) is 11.7 Å². The third kappa shape index (κ3) is 4.52. The number of piperazine rings is 1. The Balaban J connectivity index is 1.48. The highest BCUT2D eigenvalue weighted by Gasteiger charge is 2.21. The summed E-state index contributed by atoms with van der Waals surface area (Å²) in [6.07, 6.45) is 0. The van der Waals surface area contributed by atoms with Crippen LogP contribution in [0.1, 0.15) is 24.8 Å². The van der Waals surface area contributed by atoms with Crippen LogP contribution in [0, 0.1) is 5.82 Å². The molecule has 1 saturated heterocycles. The number of carbonyl (C=O) groups is 1. The molecule has 8 heteroatoms. The average Bonchev–Trinajstić information content (AvgIpc) is 3.05. The van der Waals surface area contributed by atoms with Crippen molar-refractivity contribution < 1.29 is 9.18 Å². The Bertz CT molecular complexity index is 727. The van der Waals surface area contributed by atoms with Gasteiger partial charge in [0, 0.05) is 32.1 Å². The fourth-order valence-corrected chi connectivity index (χ4v) is 3.50. The summed E-state index contributed by atoms with van der Waals surface area (Å²) in [5.41, 5.74) is 0.627. The van der Waals surface area contributed by atoms with Gasteiger partial charge in [-0.05, 0) is 12.1 Å². The largest absolute Gasteiger partial charge is 0.367 e. The first-order valence-corrected chi connectivity index (χ1v) is 9.19. The Morgan fingerprint density at radius 1 is 1.24 bits per heavy atom. The third-order valence-corrected chi connectivity index (χ3v) is 5.25. The van der Waals surface area contributed by atoms with Gasteiger partial charge in [0.05, 0.1) is 12.2 Å². The van der Waals surface area contributed by atoms with E-state index in [1.165, 1.54) is 17.4 Å². The highest BCUT2D eigenvalue weighted by Crippen LogP contribution is 2.22. The summed E-state index contributed by atoms with van der Waals surface area (Å²) in [5.74, 6) is 0.00586. The second-order valence-corrected chi connectivity index (χ2v) is 7.37. The van der Waals surface area contributed by atoms with Crippen molar-refractivity contribution in [3.63, 3.8) is 0 Å². The van der Waals surface area contributed by atoms with Gasteiger partial charge in [-0.3, -0.25) is 15.0 Å². The molecule has 1 aromatic carbocycles. The zero-order valence-corrected chi connectivity index (χ0v) is 15.2. The summed E-state index contributed by atoms with van der Waals surface area (Å²) in [4.78, 5) is 16.3. The highest BCUT2D eigenvalue weighted by molar-refractivity contribution is 7.15. The Labute approximate surface area is 150 Å². The highest BCUT2D eigenvalue weighted by atomic mass is 32.1. The molecule has 134 valence electrons. The molecule has 1 fully saturated rings. The fraction of sp³-hybridized carbons (Fsp3) is 0.471. The molecule has 1 aliphatic heterocycles. The smallest absolute Gasteiger partial charge is 0.240 e. The number of halogens is 1. The van der Waals surface area contributed by atoms with Crippen molar-refractivity contribution in [3.8, 4) is 0 Å². The summed E-state index contributed by atoms with van der Waals surface area (Å²) in [6.45, 7) is 7.23. The van der Waals surface area contributed by atoms with Gasteiger partial charge in [-0.1, -0.05) is 37.3 Å². The van der Waals surface area contributed by atoms with Crippen LogP contribution in [0.2, 0.25) is 0 Å². The standard InChI is InChI=1S/C17H22FN5OS/c1-12(2)16-20-21-17(25-16)19-15(24)11-22-7-9-23(10-8-22)14-6-4-3-5-13(14)18/h3-6,12H,7-11H2,1-2H3,(H,19,21,24). The van der Waals surface area contributed by atoms with Crippen molar-refractivity contribution in [2.45, 2.75) is 19.8 Å². The van der Waals surface area contributed by atoms with Crippen molar-refractivity contribution in [1.82, 2.24) is 15.1 Å². The number of carbonyl (C=O) groups excluding carboxylic acids is 1. The molecule has 1 aromatic heterocycles. The van der Waals surface area contributed by atoms with Crippen LogP contribution in [0.25, 0.3) is 0 Å². The number of nitrogens with zero attached hydrogens (tertiary/aromatic N) is 4. The summed E-state index contributed by atoms with van der Waals surface area (Å²) >= 11 is 1.41. The number of hydrogen-bond donors (Lipinski definition) is 1. The maximum atomic E-state index is 13.9. The molecule has 0 aliphatic carbocycles. The van der Waals surface area contributed by atoms with E-state index >= 15 is 0 Å². The lowest BCUT2D eigenvalue weighted by molar-refractivity contribution is -0.117. The summed E-state index contributed by atoms with van der Waals surface area (Å²) in [7, 11) is 0. The number of rotatable bonds is 5. The van der Waals surface area contributed by atoms with Crippen LogP contribution < -0.4 is 10.2 Å². The third-order valence-electron chi connectivity index (χ3n) is 4.11. The van der Waals surface area contributed by atoms with Gasteiger partial charge < -0.3 is 4.90 Å². The molecule has 0 saturated carbocycles. The molecule has 2 heterocycles. The molecule has 1 aliphatic rings. The second kappa shape index (κ2) is 7.88. The van der Waals surface area contributed by atoms with Crippen LogP contribution in [0.5, 0.6) is 0 Å². The number of nitrogens with one attached hydrogen (secondary N) is 1. The van der Waals surface area contributed by atoms with Crippen molar-refractivity contribution in [2.75, 3.05) is 42.9 Å². The molecule has 0 bridgehead atoms. The topological polar surface area (TPSA) is 61.4 Å². The van der Waals surface area contributed by atoms with E-state index in [1.54, 1.807) is 12.1 Å². The molecule has 0 radical (unpaired) electrons. The maximum absolute atomic E-state index is 13.9. The molecule has 6 nitrogen and oxygen atoms in total. The van der Waals surface area contributed by atoms with Crippen LogP contribution in [0.4, 0.5) is 15.2 Å². The van der Waals surface area contributed by atoms with Gasteiger partial charge in [0.1, 0.15) is 10.8 Å². The molecular weight excluding hydrogens is 341 g/mol. The van der Waals surface area contributed by atoms with E-state index in [0.29, 0.717) is 36.4 Å². The first-order chi connectivity index (χ1) is 12.0. The van der Waals surface area contributed by atoms with Crippen LogP contribution in [0.15, 0.2) is 24.3 Å². The van der Waals surface area contributed by atoms with E-state index in [4.69, 9.17) is 0 Å². The number of aromatic nitrogens is 2. The van der Waals surface area contributed by atoms with E-state index in [9.17, 15) is 9.18 Å². The SMILES string of the molecule is CC(C)c1nnc(NC(=O)CN2CCN(c3ccccc3F)CC2)s1. The molecule has 3 rings (SSSR count). The molecule has 1 amide bonds. The lowest BCUT2D eigenvalue weighted by Crippen LogP contribution is -2.48. The van der Waals surface area contributed by atoms with Gasteiger partial charge in [-0.15, -0.1) is 10.2 Å². The van der Waals surface area contributed by atoms with Crippen LogP contribution in [0.3, 0.4) is 0 Å². The van der Waals surface area contributed by atoms with Gasteiger partial charge in [0.15, 0.2) is 0 Å². The molecule has 25 heavy (non-hydrogen) atoms. The minimum absolute atomic E-state index is 0.0919. The quantitative estimate of drug-likeness (QED) is 0.885. The zero-order chi connectivity index (χ0) is 17.8. The van der Waals surface area contributed by atoms with Crippen molar-refractivity contribution in [2.24, 2.45) is 0 Å². The van der Waals surface area contributed by atoms with Gasteiger partial charge >= 0.3 is 0 Å². The molecule has 0 spiro atoms. The van der Waals surface area contributed by atoms with Gasteiger partial charge in [-0.25, -0.2) is 4.39 Å². The van der Waals surface area contributed by atoms with Crippen LogP contribution in [-0.2, 0) is 4.79 Å².